The van der Waals surface area contributed by atoms with Gasteiger partial charge in [-0.25, -0.2) is 4.39 Å². The van der Waals surface area contributed by atoms with E-state index in [-0.39, 0.29) is 36.2 Å². The van der Waals surface area contributed by atoms with Gasteiger partial charge in [0, 0.05) is 32.2 Å². The van der Waals surface area contributed by atoms with Crippen molar-refractivity contribution in [3.63, 3.8) is 0 Å². The minimum atomic E-state index is -0.450. The van der Waals surface area contributed by atoms with E-state index in [1.165, 1.54) is 13.2 Å². The summed E-state index contributed by atoms with van der Waals surface area (Å²) in [6.07, 6.45) is 15.9. The van der Waals surface area contributed by atoms with Crippen LogP contribution in [0, 0.1) is 36.4 Å². The van der Waals surface area contributed by atoms with Gasteiger partial charge in [-0.2, -0.15) is 0 Å². The van der Waals surface area contributed by atoms with E-state index >= 15 is 0 Å². The number of nitrogens with zero attached hydrogens (tertiary/aromatic N) is 1. The van der Waals surface area contributed by atoms with Gasteiger partial charge in [0.2, 0.25) is 0 Å². The topological polar surface area (TPSA) is 63.7 Å². The standard InChI is InChI=1S/C28H36FNO4/c1-4-18-30(19-5-2)20-12-11-14-24(28(33)34-3)22-26(32)16-8-6-7-15-25(31)21-23-13-9-10-17-27(23)29/h1-2,9-10,13,17,24H,6-8,11-12,14-16,18-22H2,3H3/t24-/m1/s1. The predicted octanol–water partition coefficient (Wildman–Crippen LogP) is 4.37. The first-order valence-corrected chi connectivity index (χ1v) is 11.8. The summed E-state index contributed by atoms with van der Waals surface area (Å²) in [6.45, 7) is 1.71. The fraction of sp³-hybridized carbons (Fsp3) is 0.536. The first-order valence-electron chi connectivity index (χ1n) is 11.8. The minimum absolute atomic E-state index is 0.00904. The lowest BCUT2D eigenvalue weighted by atomic mass is 9.94. The summed E-state index contributed by atoms with van der Waals surface area (Å²) in [5.74, 6) is 4.00. The highest BCUT2D eigenvalue weighted by molar-refractivity contribution is 5.84. The highest BCUT2D eigenvalue weighted by Crippen LogP contribution is 2.18. The number of halogens is 1. The molecule has 5 nitrogen and oxygen atoms in total. The summed E-state index contributed by atoms with van der Waals surface area (Å²) >= 11 is 0. The van der Waals surface area contributed by atoms with Crippen LogP contribution in [-0.2, 0) is 25.5 Å². The van der Waals surface area contributed by atoms with E-state index in [0.717, 1.165) is 25.8 Å². The molecule has 184 valence electrons. The summed E-state index contributed by atoms with van der Waals surface area (Å²) in [6, 6.07) is 6.28. The Kier molecular flexibility index (Phi) is 15.0. The number of ether oxygens (including phenoxy) is 1. The molecule has 0 spiro atoms. The fourth-order valence-corrected chi connectivity index (χ4v) is 3.81. The third-order valence-corrected chi connectivity index (χ3v) is 5.67. The summed E-state index contributed by atoms with van der Waals surface area (Å²) < 4.78 is 18.5. The van der Waals surface area contributed by atoms with E-state index in [9.17, 15) is 18.8 Å². The molecule has 34 heavy (non-hydrogen) atoms. The number of benzene rings is 1. The van der Waals surface area contributed by atoms with Crippen LogP contribution in [0.25, 0.3) is 0 Å². The normalized spacial score (nSPS) is 11.4. The Morgan fingerprint density at radius 1 is 0.971 bits per heavy atom. The lowest BCUT2D eigenvalue weighted by Gasteiger charge is -2.18. The van der Waals surface area contributed by atoms with Gasteiger partial charge in [-0.3, -0.25) is 19.3 Å². The maximum Gasteiger partial charge on any atom is 0.309 e. The molecule has 0 heterocycles. The van der Waals surface area contributed by atoms with Crippen LogP contribution in [0.2, 0.25) is 0 Å². The molecular weight excluding hydrogens is 433 g/mol. The van der Waals surface area contributed by atoms with Crippen LogP contribution in [0.3, 0.4) is 0 Å². The van der Waals surface area contributed by atoms with Crippen molar-refractivity contribution in [3.8, 4) is 24.7 Å². The molecule has 1 rings (SSSR count). The van der Waals surface area contributed by atoms with Crippen molar-refractivity contribution in [1.29, 1.82) is 0 Å². The molecule has 1 aromatic carbocycles. The molecule has 0 bridgehead atoms. The zero-order valence-electron chi connectivity index (χ0n) is 20.2. The molecule has 1 aromatic rings. The van der Waals surface area contributed by atoms with Gasteiger partial charge in [-0.15, -0.1) is 12.8 Å². The zero-order chi connectivity index (χ0) is 25.2. The van der Waals surface area contributed by atoms with Gasteiger partial charge in [0.15, 0.2) is 0 Å². The number of esters is 1. The molecule has 0 aromatic heterocycles. The average Bonchev–Trinajstić information content (AvgIpc) is 2.82. The number of Topliss-reactive ketones (excluding diaryl/α,β-unsaturated/α-hetero) is 2. The van der Waals surface area contributed by atoms with Gasteiger partial charge < -0.3 is 4.74 Å². The summed E-state index contributed by atoms with van der Waals surface area (Å²) in [5.41, 5.74) is 0.413. The van der Waals surface area contributed by atoms with Crippen molar-refractivity contribution in [2.45, 2.75) is 64.2 Å². The Bertz CT molecular complexity index is 852. The van der Waals surface area contributed by atoms with Crippen LogP contribution in [0.15, 0.2) is 24.3 Å². The van der Waals surface area contributed by atoms with Gasteiger partial charge in [-0.05, 0) is 37.3 Å². The van der Waals surface area contributed by atoms with E-state index in [2.05, 4.69) is 11.8 Å². The molecule has 0 N–H and O–H groups in total. The van der Waals surface area contributed by atoms with Crippen LogP contribution >= 0.6 is 0 Å². The number of methoxy groups -OCH3 is 1. The van der Waals surface area contributed by atoms with Gasteiger partial charge >= 0.3 is 5.97 Å². The Balaban J connectivity index is 2.29. The van der Waals surface area contributed by atoms with Crippen molar-refractivity contribution >= 4 is 17.5 Å². The second kappa shape index (κ2) is 17.5. The molecule has 0 saturated heterocycles. The van der Waals surface area contributed by atoms with Crippen LogP contribution < -0.4 is 0 Å². The molecular formula is C28H36FNO4. The molecule has 0 amide bonds. The number of ketones is 2. The Labute approximate surface area is 203 Å². The number of carbonyl (C=O) groups excluding carboxylic acids is 3. The SMILES string of the molecule is C#CCN(CC#C)CCCC[C@H](CC(=O)CCCCCC(=O)Cc1ccccc1F)C(=O)OC. The maximum atomic E-state index is 13.6. The monoisotopic (exact) mass is 469 g/mol. The van der Waals surface area contributed by atoms with Crippen LogP contribution in [0.4, 0.5) is 4.39 Å². The van der Waals surface area contributed by atoms with Crippen molar-refractivity contribution in [3.05, 3.63) is 35.6 Å². The predicted molar refractivity (Wildman–Crippen MR) is 131 cm³/mol. The molecule has 6 heteroatoms. The lowest BCUT2D eigenvalue weighted by molar-refractivity contribution is -0.147. The highest BCUT2D eigenvalue weighted by Gasteiger charge is 2.22. The average molecular weight is 470 g/mol. The van der Waals surface area contributed by atoms with E-state index in [1.807, 2.05) is 4.90 Å². The van der Waals surface area contributed by atoms with Gasteiger partial charge in [0.05, 0.1) is 26.1 Å². The maximum absolute atomic E-state index is 13.6. The fourth-order valence-electron chi connectivity index (χ4n) is 3.81. The van der Waals surface area contributed by atoms with Crippen molar-refractivity contribution in [2.24, 2.45) is 5.92 Å². The number of rotatable bonds is 18. The minimum Gasteiger partial charge on any atom is -0.469 e. The van der Waals surface area contributed by atoms with E-state index in [0.29, 0.717) is 50.8 Å². The Morgan fingerprint density at radius 3 is 2.24 bits per heavy atom. The van der Waals surface area contributed by atoms with Crippen LogP contribution in [0.5, 0.6) is 0 Å². The molecule has 0 aliphatic heterocycles. The highest BCUT2D eigenvalue weighted by atomic mass is 19.1. The second-order valence-corrected chi connectivity index (χ2v) is 8.45. The quantitative estimate of drug-likeness (QED) is 0.181. The summed E-state index contributed by atoms with van der Waals surface area (Å²) in [5, 5.41) is 0. The third kappa shape index (κ3) is 12.3. The smallest absolute Gasteiger partial charge is 0.309 e. The van der Waals surface area contributed by atoms with Gasteiger partial charge in [0.1, 0.15) is 17.4 Å². The largest absolute Gasteiger partial charge is 0.469 e. The summed E-state index contributed by atoms with van der Waals surface area (Å²) in [4.78, 5) is 38.5. The number of terminal acetylenes is 2. The van der Waals surface area contributed by atoms with E-state index < -0.39 is 5.92 Å². The van der Waals surface area contributed by atoms with Crippen LogP contribution in [0.1, 0.15) is 63.4 Å². The number of hydrogen-bond donors (Lipinski definition) is 0. The van der Waals surface area contributed by atoms with E-state index in [4.69, 9.17) is 17.6 Å². The van der Waals surface area contributed by atoms with Crippen molar-refractivity contribution in [2.75, 3.05) is 26.7 Å². The molecule has 0 radical (unpaired) electrons. The number of hydrogen-bond acceptors (Lipinski definition) is 5. The first-order chi connectivity index (χ1) is 16.4. The third-order valence-electron chi connectivity index (χ3n) is 5.67. The second-order valence-electron chi connectivity index (χ2n) is 8.45. The Hall–Kier alpha value is -2.96. The lowest BCUT2D eigenvalue weighted by Crippen LogP contribution is -2.26. The molecule has 0 saturated carbocycles. The summed E-state index contributed by atoms with van der Waals surface area (Å²) in [7, 11) is 1.33. The number of unbranched alkanes of at least 4 members (excludes halogenated alkanes) is 3. The van der Waals surface area contributed by atoms with Crippen molar-refractivity contribution in [1.82, 2.24) is 4.90 Å². The van der Waals surface area contributed by atoms with E-state index in [1.54, 1.807) is 18.2 Å². The van der Waals surface area contributed by atoms with Crippen molar-refractivity contribution < 1.29 is 23.5 Å². The molecule has 0 aliphatic carbocycles. The molecule has 1 atom stereocenters. The molecule has 0 aliphatic rings. The molecule has 0 fully saturated rings. The van der Waals surface area contributed by atoms with Gasteiger partial charge in [0.25, 0.3) is 0 Å². The zero-order valence-corrected chi connectivity index (χ0v) is 20.2. The number of carbonyl (C=O) groups is 3. The Morgan fingerprint density at radius 2 is 1.62 bits per heavy atom. The van der Waals surface area contributed by atoms with Gasteiger partial charge in [-0.1, -0.05) is 42.9 Å². The van der Waals surface area contributed by atoms with Crippen LogP contribution in [-0.4, -0.2) is 49.2 Å². The first kappa shape index (κ1) is 29.1. The molecule has 0 unspecified atom stereocenters.